The average molecular weight is 429 g/mol. The molecule has 1 aliphatic rings. The van der Waals surface area contributed by atoms with Gasteiger partial charge < -0.3 is 14.2 Å². The molecular formula is C22H20FNO5S. The van der Waals surface area contributed by atoms with Gasteiger partial charge in [-0.2, -0.15) is 0 Å². The van der Waals surface area contributed by atoms with E-state index >= 15 is 0 Å². The van der Waals surface area contributed by atoms with Crippen molar-refractivity contribution >= 4 is 29.0 Å². The molecule has 2 amide bonds. The Bertz CT molecular complexity index is 974. The summed E-state index contributed by atoms with van der Waals surface area (Å²) in [6.07, 6.45) is 3.26. The topological polar surface area (TPSA) is 65.1 Å². The van der Waals surface area contributed by atoms with Crippen molar-refractivity contribution in [2.45, 2.75) is 0 Å². The maximum absolute atomic E-state index is 12.9. The summed E-state index contributed by atoms with van der Waals surface area (Å²) < 4.78 is 29.2. The predicted molar refractivity (Wildman–Crippen MR) is 113 cm³/mol. The van der Waals surface area contributed by atoms with Crippen molar-refractivity contribution in [3.63, 3.8) is 0 Å². The van der Waals surface area contributed by atoms with Crippen molar-refractivity contribution in [1.82, 2.24) is 4.90 Å². The minimum absolute atomic E-state index is 0.0943. The third-order valence-electron chi connectivity index (χ3n) is 4.11. The third-order valence-corrected chi connectivity index (χ3v) is 5.02. The molecule has 0 atom stereocenters. The summed E-state index contributed by atoms with van der Waals surface area (Å²) in [5.41, 5.74) is 0.700. The zero-order valence-electron chi connectivity index (χ0n) is 16.3. The van der Waals surface area contributed by atoms with Crippen LogP contribution in [0, 0.1) is 5.82 Å². The van der Waals surface area contributed by atoms with E-state index in [1.165, 1.54) is 31.4 Å². The van der Waals surface area contributed by atoms with Gasteiger partial charge in [-0.05, 0) is 59.8 Å². The lowest BCUT2D eigenvalue weighted by atomic mass is 10.2. The molecule has 0 bridgehead atoms. The summed E-state index contributed by atoms with van der Waals surface area (Å²) in [6.45, 7) is 4.15. The molecular weight excluding hydrogens is 409 g/mol. The first-order valence-corrected chi connectivity index (χ1v) is 9.89. The number of benzene rings is 2. The lowest BCUT2D eigenvalue weighted by molar-refractivity contribution is -0.123. The highest BCUT2D eigenvalue weighted by Gasteiger charge is 2.34. The molecule has 2 aromatic carbocycles. The van der Waals surface area contributed by atoms with Gasteiger partial charge in [0.2, 0.25) is 0 Å². The molecule has 1 aliphatic heterocycles. The summed E-state index contributed by atoms with van der Waals surface area (Å²) in [5, 5.41) is -0.369. The first-order valence-electron chi connectivity index (χ1n) is 9.07. The van der Waals surface area contributed by atoms with Crippen LogP contribution in [0.5, 0.6) is 17.2 Å². The Morgan fingerprint density at radius 3 is 2.57 bits per heavy atom. The van der Waals surface area contributed by atoms with Crippen LogP contribution >= 0.6 is 11.8 Å². The van der Waals surface area contributed by atoms with Gasteiger partial charge in [-0.3, -0.25) is 14.5 Å². The van der Waals surface area contributed by atoms with E-state index in [1.54, 1.807) is 30.4 Å². The number of carbonyl (C=O) groups is 2. The molecule has 0 spiro atoms. The van der Waals surface area contributed by atoms with Crippen LogP contribution in [-0.4, -0.2) is 42.9 Å². The summed E-state index contributed by atoms with van der Waals surface area (Å²) in [6, 6.07) is 10.8. The molecule has 0 saturated carbocycles. The first kappa shape index (κ1) is 21.4. The fraction of sp³-hybridized carbons (Fsp3) is 0.182. The van der Waals surface area contributed by atoms with Crippen LogP contribution in [-0.2, 0) is 4.79 Å². The van der Waals surface area contributed by atoms with Crippen molar-refractivity contribution in [1.29, 1.82) is 0 Å². The van der Waals surface area contributed by atoms with E-state index in [2.05, 4.69) is 6.58 Å². The zero-order chi connectivity index (χ0) is 21.5. The molecule has 1 saturated heterocycles. The Morgan fingerprint density at radius 2 is 1.87 bits per heavy atom. The van der Waals surface area contributed by atoms with Crippen LogP contribution in [0.2, 0.25) is 0 Å². The van der Waals surface area contributed by atoms with Gasteiger partial charge in [0.1, 0.15) is 24.8 Å². The number of rotatable bonds is 9. The quantitative estimate of drug-likeness (QED) is 0.432. The van der Waals surface area contributed by atoms with Crippen molar-refractivity contribution < 1.29 is 28.2 Å². The van der Waals surface area contributed by atoms with E-state index in [0.29, 0.717) is 34.3 Å². The zero-order valence-corrected chi connectivity index (χ0v) is 17.1. The number of hydrogen-bond donors (Lipinski definition) is 0. The average Bonchev–Trinajstić information content (AvgIpc) is 3.01. The number of nitrogens with zero attached hydrogens (tertiary/aromatic N) is 1. The smallest absolute Gasteiger partial charge is 0.293 e. The van der Waals surface area contributed by atoms with Gasteiger partial charge in [0.05, 0.1) is 18.6 Å². The molecule has 30 heavy (non-hydrogen) atoms. The monoisotopic (exact) mass is 429 g/mol. The number of methoxy groups -OCH3 is 1. The Labute approximate surface area is 177 Å². The van der Waals surface area contributed by atoms with Crippen LogP contribution in [0.3, 0.4) is 0 Å². The second-order valence-electron chi connectivity index (χ2n) is 6.15. The van der Waals surface area contributed by atoms with Gasteiger partial charge in [-0.15, -0.1) is 0 Å². The maximum Gasteiger partial charge on any atom is 0.293 e. The highest BCUT2D eigenvalue weighted by molar-refractivity contribution is 8.18. The predicted octanol–water partition coefficient (Wildman–Crippen LogP) is 4.51. The van der Waals surface area contributed by atoms with Crippen molar-refractivity contribution in [2.24, 2.45) is 0 Å². The molecule has 0 N–H and O–H groups in total. The molecule has 1 heterocycles. The van der Waals surface area contributed by atoms with E-state index in [0.717, 1.165) is 16.7 Å². The third kappa shape index (κ3) is 5.21. The summed E-state index contributed by atoms with van der Waals surface area (Å²) in [7, 11) is 1.52. The van der Waals surface area contributed by atoms with E-state index < -0.39 is 5.91 Å². The van der Waals surface area contributed by atoms with Crippen LogP contribution in [0.1, 0.15) is 5.56 Å². The fourth-order valence-corrected chi connectivity index (χ4v) is 3.54. The molecule has 6 nitrogen and oxygen atoms in total. The van der Waals surface area contributed by atoms with E-state index in [4.69, 9.17) is 14.2 Å². The summed E-state index contributed by atoms with van der Waals surface area (Å²) in [5.74, 6) is 0.775. The number of imide groups is 1. The number of amides is 2. The molecule has 3 rings (SSSR count). The SMILES string of the molecule is C=CCOc1ccc(/C=C2\SC(=O)N(CCOc3ccc(F)cc3)C2=O)cc1OC. The second-order valence-corrected chi connectivity index (χ2v) is 7.14. The van der Waals surface area contributed by atoms with Crippen molar-refractivity contribution in [3.05, 3.63) is 71.4 Å². The van der Waals surface area contributed by atoms with Gasteiger partial charge in [0.15, 0.2) is 11.5 Å². The Hall–Kier alpha value is -3.26. The largest absolute Gasteiger partial charge is 0.493 e. The lowest BCUT2D eigenvalue weighted by Crippen LogP contribution is -2.32. The van der Waals surface area contributed by atoms with Crippen LogP contribution in [0.25, 0.3) is 6.08 Å². The van der Waals surface area contributed by atoms with Gasteiger partial charge in [0, 0.05) is 0 Å². The maximum atomic E-state index is 12.9. The normalized spacial score (nSPS) is 14.9. The van der Waals surface area contributed by atoms with Gasteiger partial charge in [-0.1, -0.05) is 18.7 Å². The number of halogens is 1. The number of carbonyl (C=O) groups excluding carboxylic acids is 2. The molecule has 2 aromatic rings. The highest BCUT2D eigenvalue weighted by atomic mass is 32.2. The van der Waals surface area contributed by atoms with Crippen molar-refractivity contribution in [2.75, 3.05) is 26.9 Å². The first-order chi connectivity index (χ1) is 14.5. The van der Waals surface area contributed by atoms with Gasteiger partial charge >= 0.3 is 0 Å². The van der Waals surface area contributed by atoms with Crippen LogP contribution in [0.4, 0.5) is 9.18 Å². The number of hydrogen-bond acceptors (Lipinski definition) is 6. The molecule has 0 unspecified atom stereocenters. The Morgan fingerprint density at radius 1 is 1.10 bits per heavy atom. The summed E-state index contributed by atoms with van der Waals surface area (Å²) >= 11 is 0.864. The molecule has 8 heteroatoms. The minimum atomic E-state index is -0.390. The van der Waals surface area contributed by atoms with Gasteiger partial charge in [0.25, 0.3) is 11.1 Å². The summed E-state index contributed by atoms with van der Waals surface area (Å²) in [4.78, 5) is 26.3. The van der Waals surface area contributed by atoms with E-state index in [9.17, 15) is 14.0 Å². The van der Waals surface area contributed by atoms with Gasteiger partial charge in [-0.25, -0.2) is 4.39 Å². The molecule has 0 aromatic heterocycles. The number of ether oxygens (including phenoxy) is 3. The minimum Gasteiger partial charge on any atom is -0.493 e. The fourth-order valence-electron chi connectivity index (χ4n) is 2.67. The van der Waals surface area contributed by atoms with E-state index in [-0.39, 0.29) is 24.2 Å². The highest BCUT2D eigenvalue weighted by Crippen LogP contribution is 2.34. The molecule has 0 aliphatic carbocycles. The molecule has 1 fully saturated rings. The number of thioether (sulfide) groups is 1. The molecule has 156 valence electrons. The van der Waals surface area contributed by atoms with E-state index in [1.807, 2.05) is 0 Å². The Kier molecular flexibility index (Phi) is 7.13. The standard InChI is InChI=1S/C22H20FNO5S/c1-3-11-29-18-9-4-15(13-19(18)27-2)14-20-21(25)24(22(26)30-20)10-12-28-17-7-5-16(23)6-8-17/h3-9,13-14H,1,10-12H2,2H3/b20-14-. The Balaban J connectivity index is 1.65. The lowest BCUT2D eigenvalue weighted by Gasteiger charge is -2.13. The van der Waals surface area contributed by atoms with Crippen LogP contribution in [0.15, 0.2) is 60.0 Å². The van der Waals surface area contributed by atoms with Crippen molar-refractivity contribution in [3.8, 4) is 17.2 Å². The molecule has 0 radical (unpaired) electrons. The van der Waals surface area contributed by atoms with Crippen LogP contribution < -0.4 is 14.2 Å². The second kappa shape index (κ2) is 9.98.